The summed E-state index contributed by atoms with van der Waals surface area (Å²) in [5, 5.41) is 0. The Bertz CT molecular complexity index is 528. The van der Waals surface area contributed by atoms with Gasteiger partial charge in [0.05, 0.1) is 9.72 Å². The highest BCUT2D eigenvalue weighted by Gasteiger charge is 2.36. The second kappa shape index (κ2) is 6.47. The number of alkyl halides is 7. The van der Waals surface area contributed by atoms with E-state index >= 15 is 0 Å². The van der Waals surface area contributed by atoms with Crippen LogP contribution in [0.3, 0.4) is 0 Å². The third-order valence-electron chi connectivity index (χ3n) is 2.07. The maximum atomic E-state index is 12.3. The predicted molar refractivity (Wildman–Crippen MR) is 67.4 cm³/mol. The summed E-state index contributed by atoms with van der Waals surface area (Å²) in [6.45, 7) is 1.18. The van der Waals surface area contributed by atoms with Crippen LogP contribution in [0.4, 0.5) is 26.3 Å². The van der Waals surface area contributed by atoms with Crippen LogP contribution in [0.15, 0.2) is 23.1 Å². The Kier molecular flexibility index (Phi) is 5.59. The summed E-state index contributed by atoms with van der Waals surface area (Å²) in [6, 6.07) is 2.70. The average molecular weight is 397 g/mol. The number of Topliss-reactive ketones (excluding diaryl/α,β-unsaturated/α-hetero) is 1. The molecule has 0 bridgehead atoms. The predicted octanol–water partition coefficient (Wildman–Crippen LogP) is 5.22. The topological polar surface area (TPSA) is 26.3 Å². The lowest BCUT2D eigenvalue weighted by Gasteiger charge is -2.16. The molecule has 1 atom stereocenters. The highest BCUT2D eigenvalue weighted by molar-refractivity contribution is 9.09. The van der Waals surface area contributed by atoms with E-state index in [9.17, 15) is 31.1 Å². The number of benzene rings is 1. The van der Waals surface area contributed by atoms with Gasteiger partial charge in [-0.1, -0.05) is 22.0 Å². The molecule has 0 N–H and O–H groups in total. The van der Waals surface area contributed by atoms with Gasteiger partial charge in [0.15, 0.2) is 0 Å². The van der Waals surface area contributed by atoms with Crippen molar-refractivity contribution < 1.29 is 35.9 Å². The van der Waals surface area contributed by atoms with Crippen molar-refractivity contribution in [1.82, 2.24) is 0 Å². The SMILES string of the molecule is CC(=O)C(Br)c1ccc(SC(F)(F)F)c(OC(F)(F)F)c1. The van der Waals surface area contributed by atoms with E-state index in [4.69, 9.17) is 0 Å². The quantitative estimate of drug-likeness (QED) is 0.396. The third kappa shape index (κ3) is 6.16. The van der Waals surface area contributed by atoms with Gasteiger partial charge < -0.3 is 4.74 Å². The summed E-state index contributed by atoms with van der Waals surface area (Å²) in [5.41, 5.74) is -4.70. The Labute approximate surface area is 128 Å². The van der Waals surface area contributed by atoms with Crippen LogP contribution in [0.2, 0.25) is 0 Å². The number of carbonyl (C=O) groups excluding carboxylic acids is 1. The summed E-state index contributed by atoms with van der Waals surface area (Å²) in [6.07, 6.45) is -5.14. The lowest BCUT2D eigenvalue weighted by atomic mass is 10.1. The molecule has 10 heteroatoms. The summed E-state index contributed by atoms with van der Waals surface area (Å²) in [5.74, 6) is -1.42. The molecule has 0 saturated carbocycles. The lowest BCUT2D eigenvalue weighted by Crippen LogP contribution is -2.18. The zero-order valence-corrected chi connectivity index (χ0v) is 12.6. The van der Waals surface area contributed by atoms with Gasteiger partial charge in [0, 0.05) is 0 Å². The Morgan fingerprint density at radius 3 is 2.24 bits per heavy atom. The van der Waals surface area contributed by atoms with Gasteiger partial charge in [-0.15, -0.1) is 13.2 Å². The molecule has 21 heavy (non-hydrogen) atoms. The molecule has 2 nitrogen and oxygen atoms in total. The number of rotatable bonds is 4. The second-order valence-corrected chi connectivity index (χ2v) is 5.80. The number of hydrogen-bond acceptors (Lipinski definition) is 3. The van der Waals surface area contributed by atoms with Gasteiger partial charge >= 0.3 is 11.9 Å². The first-order valence-electron chi connectivity index (χ1n) is 5.19. The van der Waals surface area contributed by atoms with Crippen LogP contribution in [0.25, 0.3) is 0 Å². The molecule has 0 amide bonds. The maximum Gasteiger partial charge on any atom is 0.573 e. The maximum absolute atomic E-state index is 12.3. The van der Waals surface area contributed by atoms with Gasteiger partial charge in [0.25, 0.3) is 0 Å². The van der Waals surface area contributed by atoms with E-state index in [1.807, 2.05) is 0 Å². The van der Waals surface area contributed by atoms with Crippen molar-refractivity contribution in [2.24, 2.45) is 0 Å². The highest BCUT2D eigenvalue weighted by atomic mass is 79.9. The molecule has 118 valence electrons. The van der Waals surface area contributed by atoms with Crippen LogP contribution in [0, 0.1) is 0 Å². The molecular formula is C11H7BrF6O2S. The van der Waals surface area contributed by atoms with Crippen molar-refractivity contribution in [3.8, 4) is 5.75 Å². The summed E-state index contributed by atoms with van der Waals surface area (Å²) >= 11 is 2.21. The number of hydrogen-bond donors (Lipinski definition) is 0. The van der Waals surface area contributed by atoms with E-state index in [-0.39, 0.29) is 5.56 Å². The number of halogens is 7. The van der Waals surface area contributed by atoms with Gasteiger partial charge in [-0.2, -0.15) is 13.2 Å². The van der Waals surface area contributed by atoms with E-state index < -0.39 is 44.9 Å². The minimum absolute atomic E-state index is 0.0632. The molecule has 1 rings (SSSR count). The fourth-order valence-corrected chi connectivity index (χ4v) is 2.20. The van der Waals surface area contributed by atoms with Crippen molar-refractivity contribution in [1.29, 1.82) is 0 Å². The molecule has 1 unspecified atom stereocenters. The molecule has 0 saturated heterocycles. The van der Waals surface area contributed by atoms with Crippen LogP contribution in [0.5, 0.6) is 5.75 Å². The Balaban J connectivity index is 3.23. The van der Waals surface area contributed by atoms with Gasteiger partial charge in [0.1, 0.15) is 11.5 Å². The van der Waals surface area contributed by atoms with Crippen molar-refractivity contribution in [3.05, 3.63) is 23.8 Å². The third-order valence-corrected chi connectivity index (χ3v) is 4.03. The Morgan fingerprint density at radius 1 is 1.24 bits per heavy atom. The molecule has 1 aromatic rings. The number of ether oxygens (including phenoxy) is 1. The number of carbonyl (C=O) groups is 1. The van der Waals surface area contributed by atoms with Crippen LogP contribution in [-0.2, 0) is 4.79 Å². The molecule has 0 aliphatic heterocycles. The summed E-state index contributed by atoms with van der Waals surface area (Å²) < 4.78 is 77.3. The largest absolute Gasteiger partial charge is 0.573 e. The van der Waals surface area contributed by atoms with Crippen LogP contribution < -0.4 is 4.74 Å². The first-order valence-corrected chi connectivity index (χ1v) is 6.92. The first-order chi connectivity index (χ1) is 9.39. The van der Waals surface area contributed by atoms with Crippen molar-refractivity contribution in [3.63, 3.8) is 0 Å². The van der Waals surface area contributed by atoms with Gasteiger partial charge in [-0.25, -0.2) is 0 Å². The molecule has 1 aromatic carbocycles. The first kappa shape index (κ1) is 18.1. The van der Waals surface area contributed by atoms with Crippen LogP contribution >= 0.6 is 27.7 Å². The second-order valence-electron chi connectivity index (χ2n) is 3.77. The number of ketones is 1. The normalized spacial score (nSPS) is 13.9. The van der Waals surface area contributed by atoms with Crippen molar-refractivity contribution in [2.45, 2.75) is 28.5 Å². The van der Waals surface area contributed by atoms with Gasteiger partial charge in [0.2, 0.25) is 0 Å². The van der Waals surface area contributed by atoms with Crippen molar-refractivity contribution in [2.75, 3.05) is 0 Å². The van der Waals surface area contributed by atoms with E-state index in [0.717, 1.165) is 18.2 Å². The molecule has 0 aliphatic carbocycles. The standard InChI is InChI=1S/C11H7BrF6O2S/c1-5(19)9(12)6-2-3-8(21-11(16,17)18)7(4-6)20-10(13,14)15/h2-4,9H,1H3. The molecule has 0 radical (unpaired) electrons. The Morgan fingerprint density at radius 2 is 1.81 bits per heavy atom. The molecule has 0 spiro atoms. The minimum atomic E-state index is -5.14. The van der Waals surface area contributed by atoms with E-state index in [2.05, 4.69) is 20.7 Å². The summed E-state index contributed by atoms with van der Waals surface area (Å²) in [7, 11) is 0. The average Bonchev–Trinajstić information content (AvgIpc) is 2.26. The highest BCUT2D eigenvalue weighted by Crippen LogP contribution is 2.44. The zero-order valence-electron chi connectivity index (χ0n) is 10.2. The van der Waals surface area contributed by atoms with E-state index in [1.54, 1.807) is 0 Å². The van der Waals surface area contributed by atoms with E-state index in [0.29, 0.717) is 0 Å². The van der Waals surface area contributed by atoms with Gasteiger partial charge in [-0.05, 0) is 36.4 Å². The van der Waals surface area contributed by atoms with Crippen molar-refractivity contribution >= 4 is 33.5 Å². The Hall–Kier alpha value is -0.900. The molecule has 0 aromatic heterocycles. The van der Waals surface area contributed by atoms with E-state index in [1.165, 1.54) is 6.92 Å². The lowest BCUT2D eigenvalue weighted by molar-refractivity contribution is -0.275. The smallest absolute Gasteiger partial charge is 0.405 e. The summed E-state index contributed by atoms with van der Waals surface area (Å²) in [4.78, 5) is 9.48. The van der Waals surface area contributed by atoms with Gasteiger partial charge in [-0.3, -0.25) is 4.79 Å². The number of thioether (sulfide) groups is 1. The fraction of sp³-hybridized carbons (Fsp3) is 0.364. The minimum Gasteiger partial charge on any atom is -0.405 e. The molecular weight excluding hydrogens is 390 g/mol. The fourth-order valence-electron chi connectivity index (χ4n) is 1.33. The molecule has 0 aliphatic rings. The molecule has 0 heterocycles. The molecule has 0 fully saturated rings. The van der Waals surface area contributed by atoms with Crippen LogP contribution in [0.1, 0.15) is 17.3 Å². The monoisotopic (exact) mass is 396 g/mol. The van der Waals surface area contributed by atoms with Crippen LogP contribution in [-0.4, -0.2) is 17.7 Å². The zero-order chi connectivity index (χ0) is 16.4.